The van der Waals surface area contributed by atoms with Crippen molar-refractivity contribution in [3.8, 4) is 17.8 Å². The van der Waals surface area contributed by atoms with Crippen LogP contribution in [0.25, 0.3) is 0 Å². The van der Waals surface area contributed by atoms with Crippen molar-refractivity contribution in [1.82, 2.24) is 0 Å². The normalized spacial score (nSPS) is 26.6. The Bertz CT molecular complexity index is 1030. The number of benzene rings is 2. The summed E-state index contributed by atoms with van der Waals surface area (Å²) < 4.78 is 22.0. The van der Waals surface area contributed by atoms with Gasteiger partial charge in [-0.05, 0) is 91.9 Å². The molecule has 0 N–H and O–H groups in total. The van der Waals surface area contributed by atoms with Crippen LogP contribution < -0.4 is 4.74 Å². The van der Waals surface area contributed by atoms with E-state index in [4.69, 9.17) is 18.9 Å². The van der Waals surface area contributed by atoms with Crippen LogP contribution in [0, 0.1) is 29.8 Å². The molecule has 0 atom stereocenters. The van der Waals surface area contributed by atoms with Crippen LogP contribution in [0.1, 0.15) is 60.0 Å². The molecular weight excluding hydrogens is 428 g/mol. The van der Waals surface area contributed by atoms with Gasteiger partial charge in [0.05, 0.1) is 18.8 Å². The minimum atomic E-state index is -0.457. The second-order valence-corrected chi connectivity index (χ2v) is 10.1. The van der Waals surface area contributed by atoms with Gasteiger partial charge in [0, 0.05) is 18.2 Å². The van der Waals surface area contributed by atoms with Gasteiger partial charge in [0.2, 0.25) is 0 Å². The Morgan fingerprint density at radius 2 is 1.68 bits per heavy atom. The van der Waals surface area contributed by atoms with Gasteiger partial charge < -0.3 is 18.9 Å². The molecule has 34 heavy (non-hydrogen) atoms. The fourth-order valence-corrected chi connectivity index (χ4v) is 6.67. The Morgan fingerprint density at radius 1 is 0.971 bits per heavy atom. The number of methoxy groups -OCH3 is 1. The van der Waals surface area contributed by atoms with Gasteiger partial charge in [-0.1, -0.05) is 24.3 Å². The topological polar surface area (TPSA) is 54.0 Å². The number of rotatable bonds is 8. The molecule has 178 valence electrons. The first-order valence-electron chi connectivity index (χ1n) is 12.3. The second-order valence-electron chi connectivity index (χ2n) is 10.1. The lowest BCUT2D eigenvalue weighted by Crippen LogP contribution is -2.48. The Balaban J connectivity index is 1.35. The molecule has 0 amide bonds. The van der Waals surface area contributed by atoms with Crippen molar-refractivity contribution in [3.05, 3.63) is 65.2 Å². The minimum absolute atomic E-state index is 0.169. The van der Waals surface area contributed by atoms with Crippen molar-refractivity contribution in [3.63, 3.8) is 0 Å². The molecule has 0 spiro atoms. The van der Waals surface area contributed by atoms with E-state index in [1.54, 1.807) is 31.4 Å². The average Bonchev–Trinajstić information content (AvgIpc) is 2.83. The van der Waals surface area contributed by atoms with E-state index in [0.717, 1.165) is 29.1 Å². The van der Waals surface area contributed by atoms with E-state index < -0.39 is 5.97 Å². The third-order valence-electron chi connectivity index (χ3n) is 7.67. The molecule has 4 fully saturated rings. The van der Waals surface area contributed by atoms with Crippen LogP contribution in [-0.4, -0.2) is 33.1 Å². The first-order valence-corrected chi connectivity index (χ1v) is 12.3. The Labute approximate surface area is 201 Å². The molecule has 0 unspecified atom stereocenters. The number of esters is 1. The zero-order valence-corrected chi connectivity index (χ0v) is 19.8. The molecule has 2 aromatic carbocycles. The van der Waals surface area contributed by atoms with E-state index in [-0.39, 0.29) is 12.2 Å². The van der Waals surface area contributed by atoms with Crippen molar-refractivity contribution in [2.75, 3.05) is 27.1 Å². The largest absolute Gasteiger partial charge is 0.467 e. The molecule has 0 heterocycles. The highest BCUT2D eigenvalue weighted by atomic mass is 16.7. The maximum atomic E-state index is 12.2. The molecule has 4 bridgehead atoms. The third kappa shape index (κ3) is 4.99. The van der Waals surface area contributed by atoms with Gasteiger partial charge in [-0.3, -0.25) is 0 Å². The molecule has 5 nitrogen and oxygen atoms in total. The Kier molecular flexibility index (Phi) is 6.89. The summed E-state index contributed by atoms with van der Waals surface area (Å²) >= 11 is 0. The van der Waals surface area contributed by atoms with Crippen molar-refractivity contribution in [2.45, 2.75) is 43.9 Å². The van der Waals surface area contributed by atoms with Crippen LogP contribution in [0.2, 0.25) is 0 Å². The summed E-state index contributed by atoms with van der Waals surface area (Å²) in [6, 6.07) is 15.0. The summed E-state index contributed by atoms with van der Waals surface area (Å²) in [5.74, 6) is 5.87. The number of carbonyl (C=O) groups excluding carboxylic acids is 1. The summed E-state index contributed by atoms with van der Waals surface area (Å²) in [5.41, 5.74) is 2.71. The smallest absolute Gasteiger partial charge is 0.352 e. The van der Waals surface area contributed by atoms with Gasteiger partial charge in [0.1, 0.15) is 11.9 Å². The predicted molar refractivity (Wildman–Crippen MR) is 128 cm³/mol. The standard InChI is InChI=1S/C29H32O5/c1-31-11-12-32-20-34-27-16-21(9-10-33-28(30)25-5-3-2-4-6-25)7-8-26(27)29-17-22-13-23(18-29)15-24(14-22)19-29/h2-8,16,22-24H,11-15,17-20H2,1H3. The van der Waals surface area contributed by atoms with E-state index in [0.29, 0.717) is 18.8 Å². The first-order chi connectivity index (χ1) is 16.6. The predicted octanol–water partition coefficient (Wildman–Crippen LogP) is 5.32. The lowest BCUT2D eigenvalue weighted by molar-refractivity contribution is -0.0189. The van der Waals surface area contributed by atoms with E-state index in [1.807, 2.05) is 18.2 Å². The van der Waals surface area contributed by atoms with E-state index >= 15 is 0 Å². The van der Waals surface area contributed by atoms with Gasteiger partial charge in [-0.25, -0.2) is 4.79 Å². The van der Waals surface area contributed by atoms with Crippen molar-refractivity contribution in [1.29, 1.82) is 0 Å². The summed E-state index contributed by atoms with van der Waals surface area (Å²) in [6.45, 7) is 1.18. The quantitative estimate of drug-likeness (QED) is 0.231. The minimum Gasteiger partial charge on any atom is -0.467 e. The average molecular weight is 461 g/mol. The first kappa shape index (κ1) is 23.0. The molecule has 0 radical (unpaired) electrons. The van der Waals surface area contributed by atoms with E-state index in [9.17, 15) is 4.79 Å². The fourth-order valence-electron chi connectivity index (χ4n) is 6.67. The van der Waals surface area contributed by atoms with Gasteiger partial charge in [0.25, 0.3) is 0 Å². The van der Waals surface area contributed by atoms with Crippen LogP contribution in [0.15, 0.2) is 48.5 Å². The molecule has 0 saturated heterocycles. The van der Waals surface area contributed by atoms with Crippen molar-refractivity contribution >= 4 is 5.97 Å². The summed E-state index contributed by atoms with van der Waals surface area (Å²) in [6.07, 6.45) is 10.5. The van der Waals surface area contributed by atoms with E-state index in [2.05, 4.69) is 18.1 Å². The molecule has 5 heteroatoms. The summed E-state index contributed by atoms with van der Waals surface area (Å²) in [4.78, 5) is 12.2. The van der Waals surface area contributed by atoms with Gasteiger partial charge in [-0.15, -0.1) is 0 Å². The van der Waals surface area contributed by atoms with Crippen molar-refractivity contribution in [2.24, 2.45) is 17.8 Å². The van der Waals surface area contributed by atoms with Gasteiger partial charge >= 0.3 is 5.97 Å². The number of hydrogen-bond acceptors (Lipinski definition) is 5. The SMILES string of the molecule is COCCOCOc1cc(C#COC(=O)c2ccccc2)ccc1C12CC3CC(CC(C3)C1)C2. The zero-order chi connectivity index (χ0) is 23.4. The monoisotopic (exact) mass is 460 g/mol. The second kappa shape index (κ2) is 10.2. The molecular formula is C29H32O5. The molecule has 4 saturated carbocycles. The molecule has 0 aliphatic heterocycles. The van der Waals surface area contributed by atoms with Gasteiger partial charge in [-0.2, -0.15) is 0 Å². The molecule has 4 aliphatic carbocycles. The number of hydrogen-bond donors (Lipinski definition) is 0. The molecule has 4 aliphatic rings. The Hall–Kier alpha value is -2.81. The highest BCUT2D eigenvalue weighted by Gasteiger charge is 2.52. The lowest BCUT2D eigenvalue weighted by atomic mass is 9.48. The van der Waals surface area contributed by atoms with E-state index in [1.165, 1.54) is 44.1 Å². The maximum absolute atomic E-state index is 12.2. The zero-order valence-electron chi connectivity index (χ0n) is 19.8. The number of carbonyl (C=O) groups is 1. The van der Waals surface area contributed by atoms with Crippen molar-refractivity contribution < 1.29 is 23.7 Å². The van der Waals surface area contributed by atoms with Crippen LogP contribution in [0.4, 0.5) is 0 Å². The Morgan fingerprint density at radius 3 is 2.35 bits per heavy atom. The van der Waals surface area contributed by atoms with Crippen LogP contribution in [0.5, 0.6) is 5.75 Å². The van der Waals surface area contributed by atoms with Crippen LogP contribution in [-0.2, 0) is 19.6 Å². The fraction of sp³-hybridized carbons (Fsp3) is 0.483. The third-order valence-corrected chi connectivity index (χ3v) is 7.67. The highest BCUT2D eigenvalue weighted by Crippen LogP contribution is 2.61. The lowest BCUT2D eigenvalue weighted by Gasteiger charge is -2.57. The van der Waals surface area contributed by atoms with Crippen LogP contribution in [0.3, 0.4) is 0 Å². The van der Waals surface area contributed by atoms with Crippen LogP contribution >= 0.6 is 0 Å². The highest BCUT2D eigenvalue weighted by molar-refractivity contribution is 5.90. The molecule has 6 rings (SSSR count). The maximum Gasteiger partial charge on any atom is 0.352 e. The number of ether oxygens (including phenoxy) is 4. The molecule has 0 aromatic heterocycles. The molecule has 2 aromatic rings. The van der Waals surface area contributed by atoms with Gasteiger partial charge in [0.15, 0.2) is 6.79 Å². The summed E-state index contributed by atoms with van der Waals surface area (Å²) in [7, 11) is 1.65. The summed E-state index contributed by atoms with van der Waals surface area (Å²) in [5, 5.41) is 0.